The van der Waals surface area contributed by atoms with E-state index < -0.39 is 44.7 Å². The lowest BCUT2D eigenvalue weighted by Gasteiger charge is -2.19. The second-order valence-electron chi connectivity index (χ2n) is 3.66. The van der Waals surface area contributed by atoms with Crippen LogP contribution in [0.4, 0.5) is 26.3 Å². The summed E-state index contributed by atoms with van der Waals surface area (Å²) in [6, 6.07) is 0.161. The molecule has 0 saturated heterocycles. The highest BCUT2D eigenvalue weighted by Gasteiger charge is 2.44. The van der Waals surface area contributed by atoms with Crippen LogP contribution in [0, 0.1) is 3.57 Å². The first-order valence-corrected chi connectivity index (χ1v) is 5.82. The van der Waals surface area contributed by atoms with E-state index in [-0.39, 0.29) is 12.1 Å². The lowest BCUT2D eigenvalue weighted by Crippen LogP contribution is -2.20. The normalized spacial score (nSPS) is 14.2. The molecule has 1 unspecified atom stereocenters. The first kappa shape index (κ1) is 17.0. The Morgan fingerprint density at radius 3 is 1.80 bits per heavy atom. The van der Waals surface area contributed by atoms with Crippen molar-refractivity contribution in [1.29, 1.82) is 0 Å². The molecular formula is C10H5F6IO3. The van der Waals surface area contributed by atoms with E-state index in [1.807, 2.05) is 0 Å². The minimum atomic E-state index is -5.33. The quantitative estimate of drug-likeness (QED) is 0.576. The Bertz CT molecular complexity index is 537. The number of benzene rings is 1. The van der Waals surface area contributed by atoms with Crippen LogP contribution >= 0.6 is 22.6 Å². The van der Waals surface area contributed by atoms with Crippen LogP contribution in [0.2, 0.25) is 0 Å². The standard InChI is InChI=1S/C10H5F6IO3/c11-9(12,13)4-1-3(7(18)8(19)20)6(17)2-5(4)10(14,15)16/h1-2,7,18H,(H,19,20). The highest BCUT2D eigenvalue weighted by Crippen LogP contribution is 2.42. The molecule has 0 aliphatic heterocycles. The zero-order chi connectivity index (χ0) is 15.9. The predicted octanol–water partition coefficient (Wildman–Crippen LogP) is 3.45. The SMILES string of the molecule is O=C(O)C(O)c1cc(C(F)(F)F)c(C(F)(F)F)cc1I. The van der Waals surface area contributed by atoms with E-state index in [0.717, 1.165) is 0 Å². The van der Waals surface area contributed by atoms with Crippen molar-refractivity contribution in [2.24, 2.45) is 0 Å². The van der Waals surface area contributed by atoms with E-state index in [1.54, 1.807) is 0 Å². The van der Waals surface area contributed by atoms with Crippen molar-refractivity contribution in [3.63, 3.8) is 0 Å². The van der Waals surface area contributed by atoms with Crippen LogP contribution in [0.1, 0.15) is 22.8 Å². The van der Waals surface area contributed by atoms with Gasteiger partial charge in [0.25, 0.3) is 0 Å². The lowest BCUT2D eigenvalue weighted by molar-refractivity contribution is -0.162. The number of aliphatic hydroxyl groups is 1. The number of alkyl halides is 6. The van der Waals surface area contributed by atoms with Crippen LogP contribution in [0.5, 0.6) is 0 Å². The highest BCUT2D eigenvalue weighted by atomic mass is 127. The Balaban J connectivity index is 3.61. The molecule has 0 heterocycles. The molecule has 1 rings (SSSR count). The highest BCUT2D eigenvalue weighted by molar-refractivity contribution is 14.1. The second kappa shape index (κ2) is 5.39. The lowest BCUT2D eigenvalue weighted by atomic mass is 10.00. The number of aliphatic hydroxyl groups excluding tert-OH is 1. The molecule has 0 aliphatic rings. The largest absolute Gasteiger partial charge is 0.479 e. The molecule has 0 spiro atoms. The van der Waals surface area contributed by atoms with Crippen molar-refractivity contribution < 1.29 is 41.4 Å². The van der Waals surface area contributed by atoms with Crippen molar-refractivity contribution in [1.82, 2.24) is 0 Å². The van der Waals surface area contributed by atoms with E-state index >= 15 is 0 Å². The molecule has 0 aromatic heterocycles. The number of aliphatic carboxylic acids is 1. The fraction of sp³-hybridized carbons (Fsp3) is 0.300. The summed E-state index contributed by atoms with van der Waals surface area (Å²) in [6.45, 7) is 0. The van der Waals surface area contributed by atoms with Gasteiger partial charge in [-0.3, -0.25) is 0 Å². The number of rotatable bonds is 2. The third-order valence-corrected chi connectivity index (χ3v) is 3.21. The van der Waals surface area contributed by atoms with Gasteiger partial charge in [-0.05, 0) is 34.7 Å². The Hall–Kier alpha value is -1.04. The molecule has 1 aromatic carbocycles. The van der Waals surface area contributed by atoms with Gasteiger partial charge in [0.2, 0.25) is 0 Å². The van der Waals surface area contributed by atoms with Gasteiger partial charge in [-0.25, -0.2) is 4.79 Å². The molecule has 0 bridgehead atoms. The molecular weight excluding hydrogens is 409 g/mol. The number of carboxylic acids is 1. The van der Waals surface area contributed by atoms with Crippen molar-refractivity contribution in [3.05, 3.63) is 32.4 Å². The van der Waals surface area contributed by atoms with Crippen LogP contribution in [-0.4, -0.2) is 16.2 Å². The fourth-order valence-electron chi connectivity index (χ4n) is 1.40. The van der Waals surface area contributed by atoms with Crippen LogP contribution < -0.4 is 0 Å². The van der Waals surface area contributed by atoms with Gasteiger partial charge in [-0.1, -0.05) is 0 Å². The van der Waals surface area contributed by atoms with E-state index in [1.165, 1.54) is 22.6 Å². The average molecular weight is 414 g/mol. The topological polar surface area (TPSA) is 57.5 Å². The summed E-state index contributed by atoms with van der Waals surface area (Å²) in [7, 11) is 0. The molecule has 1 aromatic rings. The first-order chi connectivity index (χ1) is 8.85. The van der Waals surface area contributed by atoms with Gasteiger partial charge in [-0.15, -0.1) is 0 Å². The second-order valence-corrected chi connectivity index (χ2v) is 4.82. The number of carboxylic acid groups (broad SMARTS) is 1. The minimum absolute atomic E-state index is 0.00336. The molecule has 0 fully saturated rings. The average Bonchev–Trinajstić information content (AvgIpc) is 2.24. The van der Waals surface area contributed by atoms with Crippen LogP contribution in [-0.2, 0) is 17.1 Å². The maximum atomic E-state index is 12.6. The molecule has 10 heteroatoms. The Morgan fingerprint density at radius 2 is 1.45 bits per heavy atom. The molecule has 3 nitrogen and oxygen atoms in total. The van der Waals surface area contributed by atoms with Crippen molar-refractivity contribution in [3.8, 4) is 0 Å². The Labute approximate surface area is 121 Å². The van der Waals surface area contributed by atoms with Gasteiger partial charge in [-0.2, -0.15) is 26.3 Å². The number of hydrogen-bond donors (Lipinski definition) is 2. The number of halogens is 7. The summed E-state index contributed by atoms with van der Waals surface area (Å²) in [5.41, 5.74) is -4.73. The smallest absolute Gasteiger partial charge is 0.417 e. The monoisotopic (exact) mass is 414 g/mol. The number of carbonyl (C=O) groups is 1. The van der Waals surface area contributed by atoms with Crippen molar-refractivity contribution in [2.45, 2.75) is 18.5 Å². The van der Waals surface area contributed by atoms with E-state index in [9.17, 15) is 36.2 Å². The van der Waals surface area contributed by atoms with E-state index in [2.05, 4.69) is 0 Å². The molecule has 0 aliphatic carbocycles. The van der Waals surface area contributed by atoms with Gasteiger partial charge < -0.3 is 10.2 Å². The van der Waals surface area contributed by atoms with Crippen molar-refractivity contribution in [2.75, 3.05) is 0 Å². The van der Waals surface area contributed by atoms with Gasteiger partial charge in [0.15, 0.2) is 6.10 Å². The summed E-state index contributed by atoms with van der Waals surface area (Å²) < 4.78 is 75.1. The molecule has 2 N–H and O–H groups in total. The first-order valence-electron chi connectivity index (χ1n) is 4.74. The third-order valence-electron chi connectivity index (χ3n) is 2.28. The molecule has 112 valence electrons. The summed E-state index contributed by atoms with van der Waals surface area (Å²) in [5, 5.41) is 17.7. The van der Waals surface area contributed by atoms with E-state index in [4.69, 9.17) is 5.11 Å². The molecule has 0 amide bonds. The Kier molecular flexibility index (Phi) is 4.58. The summed E-state index contributed by atoms with van der Waals surface area (Å²) in [6.07, 6.45) is -12.9. The predicted molar refractivity (Wildman–Crippen MR) is 61.8 cm³/mol. The van der Waals surface area contributed by atoms with Crippen molar-refractivity contribution >= 4 is 28.6 Å². The minimum Gasteiger partial charge on any atom is -0.479 e. The maximum Gasteiger partial charge on any atom is 0.417 e. The molecule has 1 atom stereocenters. The maximum absolute atomic E-state index is 12.6. The molecule has 0 radical (unpaired) electrons. The zero-order valence-electron chi connectivity index (χ0n) is 9.18. The zero-order valence-corrected chi connectivity index (χ0v) is 11.3. The fourth-order valence-corrected chi connectivity index (χ4v) is 2.16. The van der Waals surface area contributed by atoms with Gasteiger partial charge >= 0.3 is 18.3 Å². The van der Waals surface area contributed by atoms with Crippen LogP contribution in [0.25, 0.3) is 0 Å². The summed E-state index contributed by atoms with van der Waals surface area (Å²) in [5.74, 6) is -1.87. The summed E-state index contributed by atoms with van der Waals surface area (Å²) in [4.78, 5) is 10.5. The number of hydrogen-bond acceptors (Lipinski definition) is 2. The van der Waals surface area contributed by atoms with Gasteiger partial charge in [0.05, 0.1) is 11.1 Å². The van der Waals surface area contributed by atoms with Gasteiger partial charge in [0, 0.05) is 9.13 Å². The van der Waals surface area contributed by atoms with Crippen LogP contribution in [0.15, 0.2) is 12.1 Å². The molecule has 0 saturated carbocycles. The third kappa shape index (κ3) is 3.53. The summed E-state index contributed by atoms with van der Waals surface area (Å²) >= 11 is 1.23. The Morgan fingerprint density at radius 1 is 1.05 bits per heavy atom. The molecule has 20 heavy (non-hydrogen) atoms. The van der Waals surface area contributed by atoms with Gasteiger partial charge in [0.1, 0.15) is 0 Å². The van der Waals surface area contributed by atoms with Crippen LogP contribution in [0.3, 0.4) is 0 Å². The van der Waals surface area contributed by atoms with E-state index in [0.29, 0.717) is 0 Å².